The van der Waals surface area contributed by atoms with E-state index in [1.165, 1.54) is 17.4 Å². The topological polar surface area (TPSA) is 91.5 Å². The van der Waals surface area contributed by atoms with Gasteiger partial charge in [-0.3, -0.25) is 14.6 Å². The lowest BCUT2D eigenvalue weighted by Gasteiger charge is -2.02. The first-order valence-corrected chi connectivity index (χ1v) is 7.73. The maximum absolute atomic E-state index is 12.3. The molecule has 6 nitrogen and oxygen atoms in total. The van der Waals surface area contributed by atoms with Crippen molar-refractivity contribution in [2.75, 3.05) is 0 Å². The molecule has 0 amide bonds. The van der Waals surface area contributed by atoms with E-state index in [0.29, 0.717) is 27.4 Å². The van der Waals surface area contributed by atoms with E-state index in [1.54, 1.807) is 30.5 Å². The number of aromatic nitrogens is 4. The number of pyridine rings is 2. The summed E-state index contributed by atoms with van der Waals surface area (Å²) in [5.41, 5.74) is 2.09. The van der Waals surface area contributed by atoms with Crippen LogP contribution in [0.4, 0.5) is 0 Å². The molecule has 0 aliphatic rings. The lowest BCUT2D eigenvalue weighted by molar-refractivity contribution is 1.15. The number of nitrogens with zero attached hydrogens (tertiary/aromatic N) is 2. The predicted molar refractivity (Wildman–Crippen MR) is 96.8 cm³/mol. The van der Waals surface area contributed by atoms with Crippen molar-refractivity contribution < 1.29 is 0 Å². The van der Waals surface area contributed by atoms with E-state index in [0.717, 1.165) is 5.56 Å². The highest BCUT2D eigenvalue weighted by molar-refractivity contribution is 7.17. The van der Waals surface area contributed by atoms with Gasteiger partial charge >= 0.3 is 0 Å². The Morgan fingerprint density at radius 3 is 2.62 bits per heavy atom. The summed E-state index contributed by atoms with van der Waals surface area (Å²) in [5, 5.41) is 1.82. The van der Waals surface area contributed by atoms with E-state index in [4.69, 9.17) is 0 Å². The van der Waals surface area contributed by atoms with Crippen LogP contribution in [0.15, 0.2) is 57.6 Å². The van der Waals surface area contributed by atoms with E-state index in [9.17, 15) is 9.59 Å². The van der Waals surface area contributed by atoms with Crippen LogP contribution in [0.25, 0.3) is 33.0 Å². The van der Waals surface area contributed by atoms with Gasteiger partial charge in [0.2, 0.25) is 5.56 Å². The molecule has 4 heterocycles. The van der Waals surface area contributed by atoms with Crippen molar-refractivity contribution >= 4 is 34.0 Å². The minimum absolute atomic E-state index is 0. The van der Waals surface area contributed by atoms with E-state index < -0.39 is 0 Å². The third kappa shape index (κ3) is 2.75. The van der Waals surface area contributed by atoms with E-state index >= 15 is 0 Å². The molecule has 0 aliphatic carbocycles. The van der Waals surface area contributed by atoms with Crippen molar-refractivity contribution in [3.05, 3.63) is 68.7 Å². The van der Waals surface area contributed by atoms with Gasteiger partial charge in [-0.1, -0.05) is 12.1 Å². The van der Waals surface area contributed by atoms with Gasteiger partial charge < -0.3 is 9.97 Å². The third-order valence-corrected chi connectivity index (χ3v) is 4.36. The van der Waals surface area contributed by atoms with Crippen molar-refractivity contribution in [1.29, 1.82) is 0 Å². The van der Waals surface area contributed by atoms with Crippen molar-refractivity contribution in [1.82, 2.24) is 19.9 Å². The lowest BCUT2D eigenvalue weighted by atomic mass is 10.2. The molecule has 0 aliphatic heterocycles. The Morgan fingerprint density at radius 1 is 1.00 bits per heavy atom. The Balaban J connectivity index is 0.00000169. The van der Waals surface area contributed by atoms with Gasteiger partial charge in [-0.15, -0.1) is 23.7 Å². The summed E-state index contributed by atoms with van der Waals surface area (Å²) in [6, 6.07) is 10.3. The van der Waals surface area contributed by atoms with E-state index in [-0.39, 0.29) is 23.5 Å². The Bertz CT molecular complexity index is 1120. The van der Waals surface area contributed by atoms with E-state index in [2.05, 4.69) is 19.9 Å². The third-order valence-electron chi connectivity index (χ3n) is 3.39. The molecule has 0 unspecified atom stereocenters. The molecule has 4 rings (SSSR count). The number of hydrogen-bond acceptors (Lipinski definition) is 5. The van der Waals surface area contributed by atoms with Crippen LogP contribution in [0.5, 0.6) is 0 Å². The van der Waals surface area contributed by atoms with Crippen LogP contribution in [-0.2, 0) is 0 Å². The zero-order chi connectivity index (χ0) is 15.8. The molecule has 0 fully saturated rings. The zero-order valence-electron chi connectivity index (χ0n) is 12.1. The Hall–Kier alpha value is -2.77. The summed E-state index contributed by atoms with van der Waals surface area (Å²) in [5.74, 6) is 0.404. The van der Waals surface area contributed by atoms with Crippen LogP contribution in [0, 0.1) is 0 Å². The molecule has 0 bridgehead atoms. The monoisotopic (exact) mass is 358 g/mol. The second-order valence-corrected chi connectivity index (χ2v) is 5.76. The van der Waals surface area contributed by atoms with Gasteiger partial charge in [-0.2, -0.15) is 0 Å². The number of rotatable bonds is 2. The highest BCUT2D eigenvalue weighted by Crippen LogP contribution is 2.29. The first-order chi connectivity index (χ1) is 11.2. The average molecular weight is 359 g/mol. The fraction of sp³-hybridized carbons (Fsp3) is 0. The first kappa shape index (κ1) is 16.1. The molecule has 0 atom stereocenters. The fourth-order valence-electron chi connectivity index (χ4n) is 2.35. The molecule has 0 spiro atoms. The van der Waals surface area contributed by atoms with Gasteiger partial charge in [0.1, 0.15) is 10.4 Å². The first-order valence-electron chi connectivity index (χ1n) is 6.85. The smallest absolute Gasteiger partial charge is 0.269 e. The summed E-state index contributed by atoms with van der Waals surface area (Å²) < 4.78 is 0.518. The number of aromatic amines is 2. The SMILES string of the molecule is Cl.O=c1cccc(-c2csc3c(=O)[nH]c(-c4ccccn4)nc23)[nH]1. The fourth-order valence-corrected chi connectivity index (χ4v) is 3.25. The maximum atomic E-state index is 12.3. The quantitative estimate of drug-likeness (QED) is 0.576. The number of fused-ring (bicyclic) bond motifs is 1. The summed E-state index contributed by atoms with van der Waals surface area (Å²) in [7, 11) is 0. The highest BCUT2D eigenvalue weighted by Gasteiger charge is 2.14. The summed E-state index contributed by atoms with van der Waals surface area (Å²) in [6.45, 7) is 0. The van der Waals surface area contributed by atoms with Gasteiger partial charge in [-0.05, 0) is 18.2 Å². The number of H-pyrrole nitrogens is 2. The Labute approximate surface area is 145 Å². The highest BCUT2D eigenvalue weighted by atomic mass is 35.5. The van der Waals surface area contributed by atoms with Gasteiger partial charge in [0, 0.05) is 23.2 Å². The summed E-state index contributed by atoms with van der Waals surface area (Å²) in [6.07, 6.45) is 1.64. The minimum atomic E-state index is -0.217. The summed E-state index contributed by atoms with van der Waals surface area (Å²) in [4.78, 5) is 38.1. The molecule has 8 heteroatoms. The van der Waals surface area contributed by atoms with Crippen molar-refractivity contribution in [2.45, 2.75) is 0 Å². The van der Waals surface area contributed by atoms with Gasteiger partial charge in [0.25, 0.3) is 5.56 Å². The molecule has 2 N–H and O–H groups in total. The minimum Gasteiger partial charge on any atom is -0.322 e. The predicted octanol–water partition coefficient (Wildman–Crippen LogP) is 2.82. The molecule has 24 heavy (non-hydrogen) atoms. The van der Waals surface area contributed by atoms with Crippen molar-refractivity contribution in [3.63, 3.8) is 0 Å². The number of halogens is 1. The lowest BCUT2D eigenvalue weighted by Crippen LogP contribution is -2.09. The standard InChI is InChI=1S/C16H10N4O2S.ClH/c21-12-6-3-5-10(18-12)9-8-23-14-13(9)19-15(20-16(14)22)11-4-1-2-7-17-11;/h1-8H,(H,18,21)(H,19,20,22);1H. The van der Waals surface area contributed by atoms with Crippen LogP contribution < -0.4 is 11.1 Å². The van der Waals surface area contributed by atoms with Crippen LogP contribution in [0.2, 0.25) is 0 Å². The molecule has 4 aromatic rings. The average Bonchev–Trinajstić information content (AvgIpc) is 3.00. The summed E-state index contributed by atoms with van der Waals surface area (Å²) >= 11 is 1.30. The molecule has 0 saturated heterocycles. The number of thiophene rings is 1. The van der Waals surface area contributed by atoms with Crippen LogP contribution in [0.1, 0.15) is 0 Å². The Kier molecular flexibility index (Phi) is 4.28. The second-order valence-electron chi connectivity index (χ2n) is 4.89. The Morgan fingerprint density at radius 2 is 1.88 bits per heavy atom. The van der Waals surface area contributed by atoms with E-state index in [1.807, 2.05) is 11.4 Å². The van der Waals surface area contributed by atoms with Gasteiger partial charge in [0.15, 0.2) is 5.82 Å². The second kappa shape index (κ2) is 6.38. The van der Waals surface area contributed by atoms with Gasteiger partial charge in [-0.25, -0.2) is 4.98 Å². The largest absolute Gasteiger partial charge is 0.322 e. The van der Waals surface area contributed by atoms with Crippen molar-refractivity contribution in [2.24, 2.45) is 0 Å². The van der Waals surface area contributed by atoms with Crippen LogP contribution >= 0.6 is 23.7 Å². The number of hydrogen-bond donors (Lipinski definition) is 2. The zero-order valence-corrected chi connectivity index (χ0v) is 13.8. The molecule has 0 saturated carbocycles. The molecular formula is C16H11ClN4O2S. The molecular weight excluding hydrogens is 348 g/mol. The van der Waals surface area contributed by atoms with Crippen LogP contribution in [-0.4, -0.2) is 19.9 Å². The molecule has 4 aromatic heterocycles. The van der Waals surface area contributed by atoms with Crippen LogP contribution in [0.3, 0.4) is 0 Å². The van der Waals surface area contributed by atoms with Gasteiger partial charge in [0.05, 0.1) is 11.2 Å². The number of nitrogens with one attached hydrogen (secondary N) is 2. The maximum Gasteiger partial charge on any atom is 0.269 e. The normalized spacial score (nSPS) is 10.5. The molecule has 0 radical (unpaired) electrons. The molecule has 120 valence electrons. The molecule has 0 aromatic carbocycles. The van der Waals surface area contributed by atoms with Crippen molar-refractivity contribution in [3.8, 4) is 22.8 Å².